The first-order valence-electron chi connectivity index (χ1n) is 6.25. The van der Waals surface area contributed by atoms with Gasteiger partial charge in [0.05, 0.1) is 6.54 Å². The number of ketones is 1. The quantitative estimate of drug-likeness (QED) is 0.714. The van der Waals surface area contributed by atoms with Crippen molar-refractivity contribution in [1.82, 2.24) is 4.90 Å². The van der Waals surface area contributed by atoms with Gasteiger partial charge in [0.15, 0.2) is 5.78 Å². The number of Topliss-reactive ketones (excluding diaryl/α,β-unsaturated/α-hetero) is 1. The van der Waals surface area contributed by atoms with Crippen molar-refractivity contribution in [2.45, 2.75) is 33.2 Å². The Morgan fingerprint density at radius 2 is 2.17 bits per heavy atom. The molecule has 1 atom stereocenters. The van der Waals surface area contributed by atoms with E-state index in [1.807, 2.05) is 31.8 Å². The first-order chi connectivity index (χ1) is 8.45. The SMILES string of the molecule is CSCCC(C)N(C)CC(=O)c1cc(C)sc1C. The summed E-state index contributed by atoms with van der Waals surface area (Å²) in [6.07, 6.45) is 3.25. The fourth-order valence-electron chi connectivity index (χ4n) is 1.88. The summed E-state index contributed by atoms with van der Waals surface area (Å²) in [5.41, 5.74) is 0.904. The maximum atomic E-state index is 12.2. The van der Waals surface area contributed by atoms with E-state index in [-0.39, 0.29) is 5.78 Å². The Kier molecular flexibility index (Phi) is 6.39. The first-order valence-corrected chi connectivity index (χ1v) is 8.46. The lowest BCUT2D eigenvalue weighted by atomic mass is 10.1. The number of thioether (sulfide) groups is 1. The van der Waals surface area contributed by atoms with Crippen LogP contribution >= 0.6 is 23.1 Å². The number of hydrogen-bond donors (Lipinski definition) is 0. The van der Waals surface area contributed by atoms with Crippen LogP contribution in [0.3, 0.4) is 0 Å². The maximum Gasteiger partial charge on any atom is 0.177 e. The second kappa shape index (κ2) is 7.31. The average molecular weight is 285 g/mol. The van der Waals surface area contributed by atoms with E-state index in [0.717, 1.165) is 22.6 Å². The van der Waals surface area contributed by atoms with Gasteiger partial charge in [-0.3, -0.25) is 9.69 Å². The van der Waals surface area contributed by atoms with Crippen LogP contribution in [0.4, 0.5) is 0 Å². The van der Waals surface area contributed by atoms with Gasteiger partial charge in [-0.25, -0.2) is 0 Å². The van der Waals surface area contributed by atoms with Gasteiger partial charge in [-0.2, -0.15) is 11.8 Å². The Bertz CT molecular complexity index is 400. The highest BCUT2D eigenvalue weighted by Crippen LogP contribution is 2.21. The van der Waals surface area contributed by atoms with Gasteiger partial charge in [-0.05, 0) is 52.3 Å². The fraction of sp³-hybridized carbons (Fsp3) is 0.643. The number of thiophene rings is 1. The number of hydrogen-bond acceptors (Lipinski definition) is 4. The third-order valence-corrected chi connectivity index (χ3v) is 4.84. The highest BCUT2D eigenvalue weighted by Gasteiger charge is 2.17. The van der Waals surface area contributed by atoms with Crippen molar-refractivity contribution >= 4 is 28.9 Å². The molecule has 0 aliphatic heterocycles. The molecule has 0 aromatic carbocycles. The van der Waals surface area contributed by atoms with Crippen LogP contribution in [0.2, 0.25) is 0 Å². The van der Waals surface area contributed by atoms with E-state index < -0.39 is 0 Å². The second-order valence-corrected chi connectivity index (χ2v) is 7.24. The number of aryl methyl sites for hydroxylation is 2. The van der Waals surface area contributed by atoms with E-state index in [1.165, 1.54) is 4.88 Å². The number of carbonyl (C=O) groups is 1. The van der Waals surface area contributed by atoms with Gasteiger partial charge in [0.2, 0.25) is 0 Å². The molecule has 1 rings (SSSR count). The molecule has 0 spiro atoms. The minimum atomic E-state index is 0.246. The molecule has 0 radical (unpaired) electrons. The van der Waals surface area contributed by atoms with Gasteiger partial charge < -0.3 is 0 Å². The van der Waals surface area contributed by atoms with Gasteiger partial charge in [0.1, 0.15) is 0 Å². The molecule has 0 saturated heterocycles. The Morgan fingerprint density at radius 3 is 2.67 bits per heavy atom. The van der Waals surface area contributed by atoms with Crippen LogP contribution in [0.25, 0.3) is 0 Å². The van der Waals surface area contributed by atoms with E-state index in [0.29, 0.717) is 12.6 Å². The summed E-state index contributed by atoms with van der Waals surface area (Å²) in [5.74, 6) is 1.39. The monoisotopic (exact) mass is 285 g/mol. The summed E-state index contributed by atoms with van der Waals surface area (Å²) < 4.78 is 0. The predicted octanol–water partition coefficient (Wildman–Crippen LogP) is 3.62. The molecule has 4 heteroatoms. The maximum absolute atomic E-state index is 12.2. The molecule has 2 nitrogen and oxygen atoms in total. The third kappa shape index (κ3) is 4.41. The zero-order valence-corrected chi connectivity index (χ0v) is 13.6. The summed E-state index contributed by atoms with van der Waals surface area (Å²) in [7, 11) is 2.04. The van der Waals surface area contributed by atoms with Gasteiger partial charge >= 0.3 is 0 Å². The van der Waals surface area contributed by atoms with Gasteiger partial charge in [0.25, 0.3) is 0 Å². The molecular formula is C14H23NOS2. The van der Waals surface area contributed by atoms with Crippen molar-refractivity contribution in [3.8, 4) is 0 Å². The number of nitrogens with zero attached hydrogens (tertiary/aromatic N) is 1. The molecule has 0 aliphatic carbocycles. The molecule has 0 saturated carbocycles. The Balaban J connectivity index is 2.56. The van der Waals surface area contributed by atoms with Gasteiger partial charge in [0, 0.05) is 21.4 Å². The molecule has 1 aromatic heterocycles. The summed E-state index contributed by atoms with van der Waals surface area (Å²) in [6.45, 7) is 6.79. The zero-order chi connectivity index (χ0) is 13.7. The minimum Gasteiger partial charge on any atom is -0.296 e. The Hall–Kier alpha value is -0.320. The first kappa shape index (κ1) is 15.7. The standard InChI is InChI=1S/C14H23NOS2/c1-10(6-7-17-5)15(4)9-14(16)13-8-11(2)18-12(13)3/h8,10H,6-7,9H2,1-5H3. The largest absolute Gasteiger partial charge is 0.296 e. The van der Waals surface area contributed by atoms with Crippen LogP contribution in [0.1, 0.15) is 33.5 Å². The Labute approximate surface area is 119 Å². The van der Waals surface area contributed by atoms with Gasteiger partial charge in [-0.15, -0.1) is 11.3 Å². The molecule has 1 heterocycles. The normalized spacial score (nSPS) is 13.0. The Morgan fingerprint density at radius 1 is 1.50 bits per heavy atom. The van der Waals surface area contributed by atoms with Crippen LogP contribution in [0.5, 0.6) is 0 Å². The summed E-state index contributed by atoms with van der Waals surface area (Å²) in [5, 5.41) is 0. The fourth-order valence-corrected chi connectivity index (χ4v) is 3.40. The van der Waals surface area contributed by atoms with E-state index in [9.17, 15) is 4.79 Å². The summed E-state index contributed by atoms with van der Waals surface area (Å²) in [4.78, 5) is 16.7. The zero-order valence-electron chi connectivity index (χ0n) is 11.9. The smallest absolute Gasteiger partial charge is 0.177 e. The molecular weight excluding hydrogens is 262 g/mol. The predicted molar refractivity (Wildman–Crippen MR) is 83.2 cm³/mol. The lowest BCUT2D eigenvalue weighted by Crippen LogP contribution is -2.34. The van der Waals surface area contributed by atoms with E-state index in [4.69, 9.17) is 0 Å². The number of carbonyl (C=O) groups excluding carboxylic acids is 1. The molecule has 18 heavy (non-hydrogen) atoms. The number of likely N-dealkylation sites (N-methyl/N-ethyl adjacent to an activating group) is 1. The van der Waals surface area contributed by atoms with Crippen LogP contribution in [0, 0.1) is 13.8 Å². The topological polar surface area (TPSA) is 20.3 Å². The summed E-state index contributed by atoms with van der Waals surface area (Å²) >= 11 is 3.56. The van der Waals surface area contributed by atoms with Crippen molar-refractivity contribution in [1.29, 1.82) is 0 Å². The molecule has 0 N–H and O–H groups in total. The van der Waals surface area contributed by atoms with Crippen molar-refractivity contribution in [3.05, 3.63) is 21.4 Å². The van der Waals surface area contributed by atoms with Crippen molar-refractivity contribution in [3.63, 3.8) is 0 Å². The van der Waals surface area contributed by atoms with Crippen LogP contribution in [-0.2, 0) is 0 Å². The van der Waals surface area contributed by atoms with Gasteiger partial charge in [-0.1, -0.05) is 0 Å². The second-order valence-electron chi connectivity index (χ2n) is 4.80. The molecule has 0 aliphatic rings. The van der Waals surface area contributed by atoms with Crippen LogP contribution in [0.15, 0.2) is 6.07 Å². The lowest BCUT2D eigenvalue weighted by molar-refractivity contribution is 0.0923. The van der Waals surface area contributed by atoms with Crippen molar-refractivity contribution < 1.29 is 4.79 Å². The number of rotatable bonds is 7. The third-order valence-electron chi connectivity index (χ3n) is 3.23. The lowest BCUT2D eigenvalue weighted by Gasteiger charge is -2.23. The molecule has 0 amide bonds. The minimum absolute atomic E-state index is 0.246. The van der Waals surface area contributed by atoms with Crippen LogP contribution in [-0.4, -0.2) is 42.3 Å². The van der Waals surface area contributed by atoms with Crippen molar-refractivity contribution in [2.75, 3.05) is 25.6 Å². The summed E-state index contributed by atoms with van der Waals surface area (Å²) in [6, 6.07) is 2.48. The van der Waals surface area contributed by atoms with E-state index in [2.05, 4.69) is 25.0 Å². The highest BCUT2D eigenvalue weighted by atomic mass is 32.2. The molecule has 1 unspecified atom stereocenters. The van der Waals surface area contributed by atoms with E-state index in [1.54, 1.807) is 11.3 Å². The average Bonchev–Trinajstić information content (AvgIpc) is 2.65. The van der Waals surface area contributed by atoms with E-state index >= 15 is 0 Å². The molecule has 0 bridgehead atoms. The highest BCUT2D eigenvalue weighted by molar-refractivity contribution is 7.98. The van der Waals surface area contributed by atoms with Crippen molar-refractivity contribution in [2.24, 2.45) is 0 Å². The molecule has 1 aromatic rings. The van der Waals surface area contributed by atoms with Crippen LogP contribution < -0.4 is 0 Å². The molecule has 102 valence electrons. The molecule has 0 fully saturated rings.